The first-order valence-electron chi connectivity index (χ1n) is 12.7. The molecule has 0 atom stereocenters. The summed E-state index contributed by atoms with van der Waals surface area (Å²) in [5, 5.41) is 9.13. The summed E-state index contributed by atoms with van der Waals surface area (Å²) >= 11 is 0. The molecule has 0 saturated heterocycles. The van der Waals surface area contributed by atoms with Gasteiger partial charge in [-0.15, -0.1) is 0 Å². The fourth-order valence-corrected chi connectivity index (χ4v) is 5.17. The molecule has 196 valence electrons. The molecule has 1 amide bonds. The van der Waals surface area contributed by atoms with Gasteiger partial charge >= 0.3 is 5.97 Å². The first kappa shape index (κ1) is 26.7. The number of carbonyl (C=O) groups is 3. The summed E-state index contributed by atoms with van der Waals surface area (Å²) in [4.78, 5) is 36.7. The molecular weight excluding hydrogens is 480 g/mol. The summed E-state index contributed by atoms with van der Waals surface area (Å²) in [5.41, 5.74) is 10.6. The number of nitrogens with zero attached hydrogens (tertiary/aromatic N) is 1. The van der Waals surface area contributed by atoms with E-state index in [9.17, 15) is 14.4 Å². The Hall–Kier alpha value is -4.39. The van der Waals surface area contributed by atoms with Crippen molar-refractivity contribution in [2.45, 2.75) is 38.0 Å². The zero-order chi connectivity index (χ0) is 27.1. The Morgan fingerprint density at radius 1 is 0.974 bits per heavy atom. The maximum absolute atomic E-state index is 13.3. The fraction of sp³-hybridized carbons (Fsp3) is 0.258. The number of aryl methyl sites for hydroxylation is 1. The van der Waals surface area contributed by atoms with Gasteiger partial charge in [0.2, 0.25) is 5.78 Å². The minimum Gasteiger partial charge on any atom is -0.482 e. The average molecular weight is 513 g/mol. The van der Waals surface area contributed by atoms with E-state index in [1.165, 1.54) is 6.07 Å². The van der Waals surface area contributed by atoms with Crippen molar-refractivity contribution >= 4 is 17.7 Å². The second-order valence-corrected chi connectivity index (χ2v) is 9.50. The van der Waals surface area contributed by atoms with E-state index in [2.05, 4.69) is 24.3 Å². The Balaban J connectivity index is 2.00. The van der Waals surface area contributed by atoms with Crippen molar-refractivity contribution in [3.63, 3.8) is 0 Å². The van der Waals surface area contributed by atoms with E-state index in [1.807, 2.05) is 48.1 Å². The summed E-state index contributed by atoms with van der Waals surface area (Å²) in [6, 6.07) is 23.1. The number of rotatable bonds is 9. The van der Waals surface area contributed by atoms with Gasteiger partial charge in [0.1, 0.15) is 5.75 Å². The molecule has 7 heteroatoms. The van der Waals surface area contributed by atoms with Gasteiger partial charge in [0.15, 0.2) is 6.61 Å². The number of benzene rings is 2. The lowest BCUT2D eigenvalue weighted by atomic mass is 9.87. The summed E-state index contributed by atoms with van der Waals surface area (Å²) in [7, 11) is 1.91. The van der Waals surface area contributed by atoms with Gasteiger partial charge in [-0.05, 0) is 59.2 Å². The van der Waals surface area contributed by atoms with Crippen molar-refractivity contribution in [2.75, 3.05) is 6.61 Å². The molecule has 1 aromatic heterocycles. The van der Waals surface area contributed by atoms with Crippen molar-refractivity contribution in [1.82, 2.24) is 4.57 Å². The van der Waals surface area contributed by atoms with Crippen LogP contribution in [0.4, 0.5) is 0 Å². The van der Waals surface area contributed by atoms with Gasteiger partial charge in [0, 0.05) is 30.9 Å². The molecule has 3 N–H and O–H groups in total. The molecule has 1 aliphatic carbocycles. The van der Waals surface area contributed by atoms with E-state index in [4.69, 9.17) is 15.6 Å². The minimum atomic E-state index is -1.15. The number of ether oxygens (including phenoxy) is 1. The van der Waals surface area contributed by atoms with Crippen LogP contribution in [0.25, 0.3) is 11.1 Å². The maximum Gasteiger partial charge on any atom is 0.341 e. The average Bonchev–Trinajstić information content (AvgIpc) is 3.46. The Kier molecular flexibility index (Phi) is 8.58. The number of Topliss-reactive ketones (excluding diaryl/α,β-unsaturated/α-hetero) is 1. The number of primary amides is 1. The molecule has 3 aromatic rings. The zero-order valence-electron chi connectivity index (χ0n) is 21.4. The quantitative estimate of drug-likeness (QED) is 0.302. The number of aromatic nitrogens is 1. The predicted octanol–water partition coefficient (Wildman–Crippen LogP) is 5.20. The van der Waals surface area contributed by atoms with E-state index in [0.717, 1.165) is 53.6 Å². The SMILES string of the molecule is Cn1cccc(OCC(=O)O)cc(C(=O)C(N)=O)c(C2CCCC2)c1Cc1ccccc1-c1ccccc1. The highest BCUT2D eigenvalue weighted by Gasteiger charge is 2.28. The van der Waals surface area contributed by atoms with Gasteiger partial charge in [0.25, 0.3) is 5.91 Å². The van der Waals surface area contributed by atoms with Crippen LogP contribution >= 0.6 is 0 Å². The van der Waals surface area contributed by atoms with Crippen LogP contribution < -0.4 is 10.5 Å². The number of hydrogen-bond donors (Lipinski definition) is 2. The third-order valence-electron chi connectivity index (χ3n) is 6.94. The Morgan fingerprint density at radius 2 is 1.66 bits per heavy atom. The van der Waals surface area contributed by atoms with Crippen molar-refractivity contribution in [1.29, 1.82) is 0 Å². The van der Waals surface area contributed by atoms with Crippen LogP contribution in [0.1, 0.15) is 58.8 Å². The molecule has 0 aliphatic heterocycles. The van der Waals surface area contributed by atoms with Crippen LogP contribution in [0.15, 0.2) is 79.0 Å². The molecule has 1 aliphatic rings. The fourth-order valence-electron chi connectivity index (χ4n) is 5.17. The van der Waals surface area contributed by atoms with Gasteiger partial charge in [-0.25, -0.2) is 4.79 Å². The molecule has 1 heterocycles. The minimum absolute atomic E-state index is 0.0399. The third kappa shape index (κ3) is 6.29. The molecule has 4 rings (SSSR count). The first-order valence-corrected chi connectivity index (χ1v) is 12.7. The van der Waals surface area contributed by atoms with Crippen LogP contribution in [-0.2, 0) is 23.1 Å². The summed E-state index contributed by atoms with van der Waals surface area (Å²) in [6.07, 6.45) is 6.12. The Morgan fingerprint density at radius 3 is 2.34 bits per heavy atom. The number of carboxylic acid groups (broad SMARTS) is 1. The van der Waals surface area contributed by atoms with Gasteiger partial charge in [-0.3, -0.25) is 9.59 Å². The molecule has 0 unspecified atom stereocenters. The highest BCUT2D eigenvalue weighted by Crippen LogP contribution is 2.39. The molecule has 1 saturated carbocycles. The summed E-state index contributed by atoms with van der Waals surface area (Å²) in [6.45, 7) is -0.580. The topological polar surface area (TPSA) is 112 Å². The lowest BCUT2D eigenvalue weighted by molar-refractivity contribution is -0.139. The lowest BCUT2D eigenvalue weighted by Gasteiger charge is -2.21. The predicted molar refractivity (Wildman–Crippen MR) is 146 cm³/mol. The van der Waals surface area contributed by atoms with Crippen LogP contribution in [0, 0.1) is 0 Å². The number of nitrogens with two attached hydrogens (primary N) is 1. The molecule has 7 nitrogen and oxygen atoms in total. The molecule has 0 spiro atoms. The molecule has 0 radical (unpaired) electrons. The Bertz CT molecular complexity index is 1390. The van der Waals surface area contributed by atoms with Crippen LogP contribution in [0.2, 0.25) is 0 Å². The summed E-state index contributed by atoms with van der Waals surface area (Å²) < 4.78 is 7.43. The van der Waals surface area contributed by atoms with Crippen molar-refractivity contribution in [3.05, 3.63) is 101 Å². The largest absolute Gasteiger partial charge is 0.482 e. The monoisotopic (exact) mass is 512 g/mol. The zero-order valence-corrected chi connectivity index (χ0v) is 21.4. The normalized spacial score (nSPS) is 13.1. The van der Waals surface area contributed by atoms with E-state index in [1.54, 1.807) is 12.1 Å². The van der Waals surface area contributed by atoms with E-state index >= 15 is 0 Å². The number of amides is 1. The van der Waals surface area contributed by atoms with Gasteiger partial charge < -0.3 is 20.1 Å². The molecule has 0 bridgehead atoms. The molecule has 1 fully saturated rings. The highest BCUT2D eigenvalue weighted by molar-refractivity contribution is 6.42. The molecule has 2 aromatic carbocycles. The van der Waals surface area contributed by atoms with Crippen molar-refractivity contribution in [2.24, 2.45) is 12.8 Å². The first-order chi connectivity index (χ1) is 18.3. The number of ketones is 1. The third-order valence-corrected chi connectivity index (χ3v) is 6.94. The number of hydrogen-bond acceptors (Lipinski definition) is 4. The van der Waals surface area contributed by atoms with E-state index in [-0.39, 0.29) is 17.2 Å². The highest BCUT2D eigenvalue weighted by atomic mass is 16.5. The van der Waals surface area contributed by atoms with Crippen LogP contribution in [-0.4, -0.2) is 33.9 Å². The maximum atomic E-state index is 13.3. The van der Waals surface area contributed by atoms with Crippen LogP contribution in [0.5, 0.6) is 5.75 Å². The standard InChI is InChI=1S/C31H32N2O5/c1-33-17-9-15-24(38-20-28(34)35)19-26(30(36)31(32)37)29(22-12-5-6-13-22)27(33)18-23-14-7-8-16-25(23)21-10-3-2-4-11-21/h2-4,7-11,14-17,19,22H,5-6,12-13,18,20H2,1H3,(H2,32,37)(H,34,35). The summed E-state index contributed by atoms with van der Waals surface area (Å²) in [5.74, 6) is -2.82. The smallest absolute Gasteiger partial charge is 0.341 e. The number of aliphatic carboxylic acids is 1. The number of carboxylic acids is 1. The van der Waals surface area contributed by atoms with Crippen molar-refractivity contribution in [3.8, 4) is 16.9 Å². The second kappa shape index (κ2) is 12.2. The van der Waals surface area contributed by atoms with Gasteiger partial charge in [-0.1, -0.05) is 67.4 Å². The van der Waals surface area contributed by atoms with Crippen molar-refractivity contribution < 1.29 is 24.2 Å². The molecule has 38 heavy (non-hydrogen) atoms. The second-order valence-electron chi connectivity index (χ2n) is 9.50. The number of carbonyl (C=O) groups excluding carboxylic acids is 2. The lowest BCUT2D eigenvalue weighted by Crippen LogP contribution is -2.25. The van der Waals surface area contributed by atoms with E-state index in [0.29, 0.717) is 6.42 Å². The van der Waals surface area contributed by atoms with Gasteiger partial charge in [0.05, 0.1) is 0 Å². The Labute approximate surface area is 222 Å². The molecular formula is C31H32N2O5. The van der Waals surface area contributed by atoms with Crippen LogP contribution in [0.3, 0.4) is 0 Å². The van der Waals surface area contributed by atoms with Gasteiger partial charge in [-0.2, -0.15) is 0 Å². The van der Waals surface area contributed by atoms with E-state index < -0.39 is 24.3 Å².